The fourth-order valence-electron chi connectivity index (χ4n) is 1.67. The molecular formula is C12H19FN2O. The van der Waals surface area contributed by atoms with Crippen molar-refractivity contribution in [2.45, 2.75) is 12.5 Å². The lowest BCUT2D eigenvalue weighted by Crippen LogP contribution is -2.21. The van der Waals surface area contributed by atoms with Gasteiger partial charge in [0.15, 0.2) is 11.6 Å². The van der Waals surface area contributed by atoms with Gasteiger partial charge in [-0.15, -0.1) is 0 Å². The number of hydrogen-bond donors (Lipinski definition) is 2. The molecule has 4 heteroatoms. The van der Waals surface area contributed by atoms with E-state index in [2.05, 4.69) is 10.6 Å². The number of benzene rings is 1. The molecule has 2 N–H and O–H groups in total. The average Bonchev–Trinajstić information content (AvgIpc) is 2.30. The van der Waals surface area contributed by atoms with E-state index in [0.29, 0.717) is 0 Å². The van der Waals surface area contributed by atoms with Crippen molar-refractivity contribution in [1.82, 2.24) is 10.6 Å². The third-order valence-corrected chi connectivity index (χ3v) is 2.61. The first-order valence-electron chi connectivity index (χ1n) is 5.38. The molecule has 1 atom stereocenters. The van der Waals surface area contributed by atoms with Gasteiger partial charge in [0.1, 0.15) is 0 Å². The topological polar surface area (TPSA) is 33.3 Å². The van der Waals surface area contributed by atoms with Crippen LogP contribution in [0.3, 0.4) is 0 Å². The Balaban J connectivity index is 2.80. The van der Waals surface area contributed by atoms with Gasteiger partial charge >= 0.3 is 0 Å². The Labute approximate surface area is 96.0 Å². The highest BCUT2D eigenvalue weighted by molar-refractivity contribution is 5.31. The van der Waals surface area contributed by atoms with Crippen LogP contribution < -0.4 is 15.4 Å². The van der Waals surface area contributed by atoms with Crippen molar-refractivity contribution < 1.29 is 9.13 Å². The van der Waals surface area contributed by atoms with Gasteiger partial charge in [-0.3, -0.25) is 0 Å². The molecule has 1 unspecified atom stereocenters. The van der Waals surface area contributed by atoms with Crippen molar-refractivity contribution in [3.05, 3.63) is 29.6 Å². The highest BCUT2D eigenvalue weighted by Crippen LogP contribution is 2.23. The summed E-state index contributed by atoms with van der Waals surface area (Å²) in [5, 5.41) is 6.25. The maximum Gasteiger partial charge on any atom is 0.165 e. The zero-order chi connectivity index (χ0) is 12.0. The van der Waals surface area contributed by atoms with Crippen LogP contribution in [0, 0.1) is 5.82 Å². The molecule has 0 aromatic heterocycles. The summed E-state index contributed by atoms with van der Waals surface area (Å²) < 4.78 is 18.4. The number of nitrogens with one attached hydrogen (secondary N) is 2. The fraction of sp³-hybridized carbons (Fsp3) is 0.500. The second kappa shape index (κ2) is 6.45. The van der Waals surface area contributed by atoms with Gasteiger partial charge in [0.25, 0.3) is 0 Å². The third kappa shape index (κ3) is 3.18. The molecule has 1 rings (SSSR count). The SMILES string of the molecule is CNCCC(NC)c1ccc(OC)c(F)c1. The number of hydrogen-bond acceptors (Lipinski definition) is 3. The molecule has 0 saturated heterocycles. The zero-order valence-corrected chi connectivity index (χ0v) is 10.0. The van der Waals surface area contributed by atoms with Gasteiger partial charge in [-0.25, -0.2) is 4.39 Å². The van der Waals surface area contributed by atoms with E-state index in [1.807, 2.05) is 20.2 Å². The quantitative estimate of drug-likeness (QED) is 0.774. The Morgan fingerprint density at radius 3 is 2.62 bits per heavy atom. The summed E-state index contributed by atoms with van der Waals surface area (Å²) in [4.78, 5) is 0. The summed E-state index contributed by atoms with van der Waals surface area (Å²) in [7, 11) is 5.25. The van der Waals surface area contributed by atoms with Gasteiger partial charge in [0, 0.05) is 6.04 Å². The van der Waals surface area contributed by atoms with Crippen molar-refractivity contribution in [3.63, 3.8) is 0 Å². The third-order valence-electron chi connectivity index (χ3n) is 2.61. The number of halogens is 1. The second-order valence-electron chi connectivity index (χ2n) is 3.63. The molecule has 0 fully saturated rings. The molecule has 1 aromatic carbocycles. The van der Waals surface area contributed by atoms with Crippen LogP contribution in [0.2, 0.25) is 0 Å². The second-order valence-corrected chi connectivity index (χ2v) is 3.63. The largest absolute Gasteiger partial charge is 0.494 e. The molecule has 0 spiro atoms. The molecule has 0 aliphatic rings. The molecule has 3 nitrogen and oxygen atoms in total. The van der Waals surface area contributed by atoms with Gasteiger partial charge in [-0.2, -0.15) is 0 Å². The Morgan fingerprint density at radius 1 is 1.38 bits per heavy atom. The minimum Gasteiger partial charge on any atom is -0.494 e. The highest BCUT2D eigenvalue weighted by atomic mass is 19.1. The molecule has 90 valence electrons. The van der Waals surface area contributed by atoms with Crippen molar-refractivity contribution in [2.75, 3.05) is 27.7 Å². The first-order chi connectivity index (χ1) is 7.72. The molecule has 1 aromatic rings. The van der Waals surface area contributed by atoms with Gasteiger partial charge in [0.2, 0.25) is 0 Å². The molecule has 0 saturated carbocycles. The maximum absolute atomic E-state index is 13.5. The van der Waals surface area contributed by atoms with Gasteiger partial charge in [0.05, 0.1) is 7.11 Å². The van der Waals surface area contributed by atoms with E-state index in [-0.39, 0.29) is 17.6 Å². The Morgan fingerprint density at radius 2 is 2.12 bits per heavy atom. The first kappa shape index (κ1) is 12.9. The van der Waals surface area contributed by atoms with Crippen LogP contribution in [0.5, 0.6) is 5.75 Å². The maximum atomic E-state index is 13.5. The van der Waals surface area contributed by atoms with E-state index < -0.39 is 0 Å². The highest BCUT2D eigenvalue weighted by Gasteiger charge is 2.11. The fourth-order valence-corrected chi connectivity index (χ4v) is 1.67. The van der Waals surface area contributed by atoms with Crippen molar-refractivity contribution in [1.29, 1.82) is 0 Å². The standard InChI is InChI=1S/C12H19FN2O/c1-14-7-6-11(15-2)9-4-5-12(16-3)10(13)8-9/h4-5,8,11,14-15H,6-7H2,1-3H3. The molecule has 0 radical (unpaired) electrons. The Hall–Kier alpha value is -1.13. The van der Waals surface area contributed by atoms with Crippen LogP contribution in [0.4, 0.5) is 4.39 Å². The average molecular weight is 226 g/mol. The van der Waals surface area contributed by atoms with E-state index in [0.717, 1.165) is 18.5 Å². The van der Waals surface area contributed by atoms with Crippen LogP contribution in [-0.2, 0) is 0 Å². The molecule has 0 heterocycles. The summed E-state index contributed by atoms with van der Waals surface area (Å²) in [5.74, 6) is -0.0306. The number of ether oxygens (including phenoxy) is 1. The summed E-state index contributed by atoms with van der Waals surface area (Å²) in [5.41, 5.74) is 0.941. The van der Waals surface area contributed by atoms with Crippen molar-refractivity contribution >= 4 is 0 Å². The van der Waals surface area contributed by atoms with E-state index >= 15 is 0 Å². The van der Waals surface area contributed by atoms with E-state index in [1.54, 1.807) is 6.07 Å². The zero-order valence-electron chi connectivity index (χ0n) is 10.0. The lowest BCUT2D eigenvalue weighted by Gasteiger charge is -2.17. The summed E-state index contributed by atoms with van der Waals surface area (Å²) >= 11 is 0. The Bertz CT molecular complexity index is 331. The predicted octanol–water partition coefficient (Wildman–Crippen LogP) is 1.70. The molecule has 0 bridgehead atoms. The summed E-state index contributed by atoms with van der Waals surface area (Å²) in [6.07, 6.45) is 0.915. The smallest absolute Gasteiger partial charge is 0.165 e. The van der Waals surface area contributed by atoms with E-state index in [9.17, 15) is 4.39 Å². The van der Waals surface area contributed by atoms with E-state index in [4.69, 9.17) is 4.74 Å². The van der Waals surface area contributed by atoms with Crippen LogP contribution >= 0.6 is 0 Å². The minimum atomic E-state index is -0.315. The Kier molecular flexibility index (Phi) is 5.22. The van der Waals surface area contributed by atoms with Gasteiger partial charge in [-0.1, -0.05) is 6.07 Å². The molecule has 0 amide bonds. The first-order valence-corrected chi connectivity index (χ1v) is 5.38. The molecule has 16 heavy (non-hydrogen) atoms. The number of methoxy groups -OCH3 is 1. The van der Waals surface area contributed by atoms with Crippen molar-refractivity contribution in [2.24, 2.45) is 0 Å². The van der Waals surface area contributed by atoms with Crippen LogP contribution in [-0.4, -0.2) is 27.7 Å². The lowest BCUT2D eigenvalue weighted by molar-refractivity contribution is 0.385. The lowest BCUT2D eigenvalue weighted by atomic mass is 10.0. The van der Waals surface area contributed by atoms with Crippen LogP contribution in [0.15, 0.2) is 18.2 Å². The van der Waals surface area contributed by atoms with Gasteiger partial charge < -0.3 is 15.4 Å². The molecule has 0 aliphatic heterocycles. The minimum absolute atomic E-state index is 0.160. The van der Waals surface area contributed by atoms with E-state index in [1.165, 1.54) is 13.2 Å². The monoisotopic (exact) mass is 226 g/mol. The number of rotatable bonds is 6. The normalized spacial score (nSPS) is 12.5. The predicted molar refractivity (Wildman–Crippen MR) is 63.3 cm³/mol. The van der Waals surface area contributed by atoms with Gasteiger partial charge in [-0.05, 0) is 44.8 Å². The van der Waals surface area contributed by atoms with Crippen molar-refractivity contribution in [3.8, 4) is 5.75 Å². The molecular weight excluding hydrogens is 207 g/mol. The summed E-state index contributed by atoms with van der Waals surface area (Å²) in [6, 6.07) is 5.23. The van der Waals surface area contributed by atoms with Crippen LogP contribution in [0.1, 0.15) is 18.0 Å². The molecule has 0 aliphatic carbocycles. The summed E-state index contributed by atoms with van der Waals surface area (Å²) in [6.45, 7) is 0.888. The van der Waals surface area contributed by atoms with Crippen LogP contribution in [0.25, 0.3) is 0 Å².